The van der Waals surface area contributed by atoms with E-state index in [9.17, 15) is 9.59 Å². The van der Waals surface area contributed by atoms with E-state index in [1.807, 2.05) is 158 Å². The molecule has 107 heavy (non-hydrogen) atoms. The number of nitrogens with zero attached hydrogens (tertiary/aromatic N) is 14. The number of aromatic nitrogens is 14. The number of benzene rings is 6. The zero-order valence-corrected chi connectivity index (χ0v) is 74.0. The molecule has 0 saturated heterocycles. The second kappa shape index (κ2) is 42.8. The molecule has 10 heterocycles. The molecule has 0 saturated carbocycles. The number of pyridine rings is 6. The average Bonchev–Trinajstić information content (AvgIpc) is 1.05. The topological polar surface area (TPSA) is 319 Å². The molecular weight excluding hydrogens is 2060 g/mol. The standard InChI is InChI=1S/2C18H10Br2N4.C12H8N2O2.C6H2Br2N2S.2C6H6Br2N2.C6H4N2S.CH4.B.Na.H/c2*19-11-7-8-12(20)16-15(11)23-17(13-5-1-3-9-21-13)18(24-16)14-6-2-4-10-22-14;15-11(9-5-1-3-7-13-9)12(16)10-6-2-4-8-14-10;7-3-1-2-4(8)6-5(3)9-11-10-6;2*7-3-1-2-4(8)6(10)5(3)9;1-2-4-6-5(3-1)7-9-8-6;;;;/h2*1-10H;1-8H;1-2H;2*1-2H,9-10H2;1-4H;1H4;;;/q;;;;;;;;;+1;-1. The van der Waals surface area contributed by atoms with E-state index < -0.39 is 11.6 Å². The molecule has 20 nitrogen and oxygen atoms in total. The van der Waals surface area contributed by atoms with Crippen LogP contribution in [0.1, 0.15) is 29.8 Å². The fourth-order valence-electron chi connectivity index (χ4n) is 8.80. The Morgan fingerprint density at radius 2 is 0.495 bits per heavy atom. The van der Waals surface area contributed by atoms with Crippen LogP contribution in [-0.4, -0.2) is 87.3 Å². The Hall–Kier alpha value is -7.06. The third-order valence-electron chi connectivity index (χ3n) is 13.9. The van der Waals surface area contributed by atoms with Crippen molar-refractivity contribution in [3.63, 3.8) is 0 Å². The quantitative estimate of drug-likeness (QED) is 0.0498. The molecule has 0 aliphatic carbocycles. The van der Waals surface area contributed by atoms with Crippen molar-refractivity contribution in [3.05, 3.63) is 287 Å². The summed E-state index contributed by atoms with van der Waals surface area (Å²) in [4.78, 5) is 68.1. The molecule has 16 aromatic rings. The second-order valence-electron chi connectivity index (χ2n) is 20.7. The van der Waals surface area contributed by atoms with Crippen molar-refractivity contribution in [2.45, 2.75) is 7.43 Å². The average molecular weight is 2110 g/mol. The van der Waals surface area contributed by atoms with Crippen molar-refractivity contribution in [1.29, 1.82) is 0 Å². The van der Waals surface area contributed by atoms with Gasteiger partial charge in [-0.3, -0.25) is 39.5 Å². The fourth-order valence-corrected chi connectivity index (χ4v) is 14.0. The van der Waals surface area contributed by atoms with Gasteiger partial charge in [0.2, 0.25) is 0 Å². The van der Waals surface area contributed by atoms with Crippen LogP contribution in [0.5, 0.6) is 0 Å². The number of carbonyl (C=O) groups excluding carboxylic acids is 2. The summed E-state index contributed by atoms with van der Waals surface area (Å²) in [5.74, 6) is -1.28. The minimum Gasteiger partial charge on any atom is -1.00 e. The monoisotopic (exact) mass is 2100 g/mol. The van der Waals surface area contributed by atoms with Crippen molar-refractivity contribution in [3.8, 4) is 45.6 Å². The van der Waals surface area contributed by atoms with E-state index in [1.165, 1.54) is 48.0 Å². The van der Waals surface area contributed by atoms with Crippen LogP contribution in [0.4, 0.5) is 22.7 Å². The van der Waals surface area contributed by atoms with Crippen molar-refractivity contribution in [1.82, 2.24) is 67.3 Å². The molecule has 0 atom stereocenters. The molecule has 10 aromatic heterocycles. The zero-order valence-electron chi connectivity index (χ0n) is 55.5. The number of nitrogens with two attached hydrogens (primary N) is 4. The van der Waals surface area contributed by atoms with Crippen LogP contribution < -0.4 is 52.5 Å². The minimum atomic E-state index is -0.640. The number of ketones is 2. The summed E-state index contributed by atoms with van der Waals surface area (Å²) in [6, 6.07) is 59.6. The first-order valence-corrected chi connectivity index (χ1v) is 39.3. The Labute approximate surface area is 731 Å². The number of carbonyl (C=O) groups is 2. The normalized spacial score (nSPS) is 10.1. The zero-order chi connectivity index (χ0) is 73.8. The van der Waals surface area contributed by atoms with Crippen molar-refractivity contribution in [2.75, 3.05) is 22.9 Å². The fraction of sp³-hybridized carbons (Fsp3) is 0.0137. The van der Waals surface area contributed by atoms with Gasteiger partial charge >= 0.3 is 29.6 Å². The van der Waals surface area contributed by atoms with E-state index in [2.05, 4.69) is 207 Å². The van der Waals surface area contributed by atoms with Gasteiger partial charge in [-0.1, -0.05) is 56.0 Å². The van der Waals surface area contributed by atoms with E-state index in [-0.39, 0.29) is 58.2 Å². The van der Waals surface area contributed by atoms with Crippen LogP contribution >= 0.6 is 183 Å². The van der Waals surface area contributed by atoms with E-state index in [0.29, 0.717) is 45.5 Å². The first kappa shape index (κ1) is 87.2. The van der Waals surface area contributed by atoms with Crippen LogP contribution in [0.15, 0.2) is 276 Å². The molecule has 3 radical (unpaired) electrons. The summed E-state index contributed by atoms with van der Waals surface area (Å²) in [6.07, 6.45) is 9.94. The summed E-state index contributed by atoms with van der Waals surface area (Å²) in [6.45, 7) is 0. The molecule has 0 amide bonds. The van der Waals surface area contributed by atoms with Gasteiger partial charge in [-0.05, 0) is 305 Å². The summed E-state index contributed by atoms with van der Waals surface area (Å²) in [5.41, 5.74) is 37.7. The van der Waals surface area contributed by atoms with Crippen LogP contribution in [0, 0.1) is 0 Å². The second-order valence-corrected chi connectivity index (χ2v) is 30.3. The minimum absolute atomic E-state index is 0. The summed E-state index contributed by atoms with van der Waals surface area (Å²) >= 11 is 36.5. The summed E-state index contributed by atoms with van der Waals surface area (Å²) in [7, 11) is 0. The molecule has 0 unspecified atom stereocenters. The number of nitrogen functional groups attached to an aromatic ring is 4. The first-order valence-electron chi connectivity index (χ1n) is 29.9. The molecule has 6 aromatic carbocycles. The molecule has 0 bridgehead atoms. The maximum atomic E-state index is 11.7. The predicted octanol–water partition coefficient (Wildman–Crippen LogP) is 19.1. The largest absolute Gasteiger partial charge is 1.00 e. The summed E-state index contributed by atoms with van der Waals surface area (Å²) < 4.78 is 25.2. The van der Waals surface area contributed by atoms with Crippen molar-refractivity contribution in [2.24, 2.45) is 0 Å². The molecule has 0 aliphatic heterocycles. The Kier molecular flexibility index (Phi) is 34.9. The van der Waals surface area contributed by atoms with E-state index in [4.69, 9.17) is 42.9 Å². The number of anilines is 4. The SMILES string of the molecule is Brc1ccc(Br)c2nc(-c3ccccn3)c(-c3ccccn3)nc12.Brc1ccc(Br)c2nc(-c3ccccn3)c(-c3ccccn3)nc12.Brc1ccc(Br)c2nsnc12.C.Nc1c(Br)ccc(Br)c1N.Nc1c(Br)ccc(Br)c1N.O=C(C(=O)c1ccccn1)c1ccccn1.[B].[H-].[Na+].c1ccc2nsnc2c1. The molecule has 531 valence electrons. The van der Waals surface area contributed by atoms with E-state index in [1.54, 1.807) is 49.1 Å². The predicted molar refractivity (Wildman–Crippen MR) is 465 cm³/mol. The van der Waals surface area contributed by atoms with Gasteiger partial charge < -0.3 is 24.4 Å². The van der Waals surface area contributed by atoms with Crippen LogP contribution in [0.3, 0.4) is 0 Å². The Balaban J connectivity index is 0.000000203. The smallest absolute Gasteiger partial charge is 1.00 e. The van der Waals surface area contributed by atoms with Gasteiger partial charge in [0.1, 0.15) is 78.3 Å². The van der Waals surface area contributed by atoms with E-state index >= 15 is 0 Å². The van der Waals surface area contributed by atoms with Gasteiger partial charge in [0.15, 0.2) is 0 Å². The molecule has 0 spiro atoms. The maximum Gasteiger partial charge on any atom is 1.00 e. The number of rotatable bonds is 7. The van der Waals surface area contributed by atoms with Gasteiger partial charge in [0.05, 0.1) is 69.0 Å². The molecule has 0 fully saturated rings. The van der Waals surface area contributed by atoms with Gasteiger partial charge in [0.25, 0.3) is 11.6 Å². The van der Waals surface area contributed by atoms with Gasteiger partial charge in [-0.25, -0.2) is 19.9 Å². The number of halogens is 10. The first-order chi connectivity index (χ1) is 50.3. The van der Waals surface area contributed by atoms with Gasteiger partial charge in [-0.15, -0.1) is 0 Å². The molecule has 16 rings (SSSR count). The molecule has 8 N–H and O–H groups in total. The van der Waals surface area contributed by atoms with E-state index in [0.717, 1.165) is 112 Å². The van der Waals surface area contributed by atoms with Crippen LogP contribution in [0.25, 0.3) is 89.7 Å². The van der Waals surface area contributed by atoms with Crippen LogP contribution in [0.2, 0.25) is 0 Å². The van der Waals surface area contributed by atoms with Crippen LogP contribution in [-0.2, 0) is 0 Å². The number of hydrogen-bond donors (Lipinski definition) is 4. The number of hydrogen-bond acceptors (Lipinski definition) is 22. The summed E-state index contributed by atoms with van der Waals surface area (Å²) in [5, 5.41) is 0. The van der Waals surface area contributed by atoms with Crippen molar-refractivity contribution < 1.29 is 40.6 Å². The molecule has 0 aliphatic rings. The Morgan fingerprint density at radius 3 is 0.729 bits per heavy atom. The number of Topliss-reactive ketones (excluding diaryl/α,β-unsaturated/α-hetero) is 2. The third-order valence-corrected chi connectivity index (χ3v) is 21.6. The molecular formula is C73H51BBr10N18NaO2S2. The Bertz CT molecular complexity index is 5110. The van der Waals surface area contributed by atoms with Gasteiger partial charge in [0, 0.05) is 90.3 Å². The number of fused-ring (bicyclic) bond motifs is 4. The van der Waals surface area contributed by atoms with Crippen molar-refractivity contribution >= 4 is 270 Å². The Morgan fingerprint density at radius 1 is 0.280 bits per heavy atom. The molecule has 34 heteroatoms. The maximum absolute atomic E-state index is 11.7. The van der Waals surface area contributed by atoms with Gasteiger partial charge in [-0.2, -0.15) is 17.5 Å². The third kappa shape index (κ3) is 23.0.